The number of amides is 2. The van der Waals surface area contributed by atoms with Gasteiger partial charge >= 0.3 is 0 Å². The lowest BCUT2D eigenvalue weighted by Gasteiger charge is -2.26. The van der Waals surface area contributed by atoms with E-state index >= 15 is 0 Å². The second-order valence-corrected chi connectivity index (χ2v) is 5.56. The molecule has 1 aliphatic heterocycles. The predicted molar refractivity (Wildman–Crippen MR) is 83.9 cm³/mol. The Hall–Kier alpha value is -2.04. The number of likely N-dealkylation sites (tertiary alicyclic amines) is 1. The summed E-state index contributed by atoms with van der Waals surface area (Å²) < 4.78 is 0. The van der Waals surface area contributed by atoms with Crippen molar-refractivity contribution in [1.29, 1.82) is 0 Å². The molecule has 0 saturated carbocycles. The fraction of sp³-hybridized carbons (Fsp3) is 0.500. The maximum absolute atomic E-state index is 11.9. The van der Waals surface area contributed by atoms with Gasteiger partial charge in [0.1, 0.15) is 0 Å². The molecule has 114 valence electrons. The molecule has 1 aromatic carbocycles. The lowest BCUT2D eigenvalue weighted by Crippen LogP contribution is -2.36. The summed E-state index contributed by atoms with van der Waals surface area (Å²) in [7, 11) is 0. The van der Waals surface area contributed by atoms with Gasteiger partial charge in [-0.2, -0.15) is 0 Å². The molecule has 5 heteroatoms. The van der Waals surface area contributed by atoms with Crippen molar-refractivity contribution >= 4 is 23.2 Å². The topological polar surface area (TPSA) is 75.4 Å². The average Bonchev–Trinajstić information content (AvgIpc) is 2.45. The Labute approximate surface area is 125 Å². The number of hydrogen-bond donors (Lipinski definition) is 2. The number of anilines is 2. The van der Waals surface area contributed by atoms with Gasteiger partial charge in [-0.1, -0.05) is 6.07 Å². The predicted octanol–water partition coefficient (Wildman–Crippen LogP) is 2.31. The van der Waals surface area contributed by atoms with Crippen molar-refractivity contribution in [3.05, 3.63) is 23.8 Å². The summed E-state index contributed by atoms with van der Waals surface area (Å²) in [5.41, 5.74) is 8.10. The van der Waals surface area contributed by atoms with Crippen molar-refractivity contribution in [2.24, 2.45) is 0 Å². The third kappa shape index (κ3) is 4.48. The van der Waals surface area contributed by atoms with Crippen LogP contribution in [0.4, 0.5) is 11.4 Å². The Morgan fingerprint density at radius 3 is 2.95 bits per heavy atom. The highest BCUT2D eigenvalue weighted by atomic mass is 16.2. The van der Waals surface area contributed by atoms with Crippen molar-refractivity contribution in [1.82, 2.24) is 4.90 Å². The Balaban J connectivity index is 1.77. The summed E-state index contributed by atoms with van der Waals surface area (Å²) in [5, 5.41) is 2.88. The molecule has 5 nitrogen and oxygen atoms in total. The van der Waals surface area contributed by atoms with Gasteiger partial charge in [-0.05, 0) is 43.9 Å². The van der Waals surface area contributed by atoms with E-state index in [9.17, 15) is 9.59 Å². The van der Waals surface area contributed by atoms with Gasteiger partial charge in [-0.25, -0.2) is 0 Å². The van der Waals surface area contributed by atoms with Gasteiger partial charge in [0.15, 0.2) is 0 Å². The lowest BCUT2D eigenvalue weighted by molar-refractivity contribution is -0.133. The van der Waals surface area contributed by atoms with Crippen molar-refractivity contribution in [3.8, 4) is 0 Å². The van der Waals surface area contributed by atoms with Crippen molar-refractivity contribution in [3.63, 3.8) is 0 Å². The van der Waals surface area contributed by atoms with Crippen molar-refractivity contribution < 1.29 is 9.59 Å². The van der Waals surface area contributed by atoms with Gasteiger partial charge in [0.25, 0.3) is 0 Å². The van der Waals surface area contributed by atoms with E-state index in [0.717, 1.165) is 30.6 Å². The van der Waals surface area contributed by atoms with Gasteiger partial charge in [-0.15, -0.1) is 0 Å². The normalized spacial score (nSPS) is 15.1. The van der Waals surface area contributed by atoms with Crippen LogP contribution in [0.1, 0.15) is 37.7 Å². The number of hydrogen-bond acceptors (Lipinski definition) is 3. The van der Waals surface area contributed by atoms with Gasteiger partial charge in [0, 0.05) is 37.3 Å². The summed E-state index contributed by atoms with van der Waals surface area (Å²) in [6.45, 7) is 3.43. The number of carbonyl (C=O) groups excluding carboxylic acids is 2. The molecule has 1 fully saturated rings. The molecule has 2 rings (SSSR count). The van der Waals surface area contributed by atoms with Crippen molar-refractivity contribution in [2.75, 3.05) is 24.1 Å². The smallest absolute Gasteiger partial charge is 0.224 e. The van der Waals surface area contributed by atoms with Gasteiger partial charge in [-0.3, -0.25) is 9.59 Å². The number of piperidine rings is 1. The number of rotatable bonds is 5. The Morgan fingerprint density at radius 2 is 2.19 bits per heavy atom. The van der Waals surface area contributed by atoms with Crippen LogP contribution in [0.25, 0.3) is 0 Å². The first-order chi connectivity index (χ1) is 10.1. The first-order valence-electron chi connectivity index (χ1n) is 7.50. The molecule has 3 N–H and O–H groups in total. The average molecular weight is 289 g/mol. The minimum atomic E-state index is -0.0341. The maximum Gasteiger partial charge on any atom is 0.224 e. The summed E-state index contributed by atoms with van der Waals surface area (Å²) in [5.74, 6) is 0.182. The van der Waals surface area contributed by atoms with Crippen LogP contribution in [0.5, 0.6) is 0 Å². The summed E-state index contributed by atoms with van der Waals surface area (Å²) >= 11 is 0. The van der Waals surface area contributed by atoms with E-state index in [0.29, 0.717) is 31.5 Å². The van der Waals surface area contributed by atoms with Crippen LogP contribution in [0, 0.1) is 6.92 Å². The third-order valence-corrected chi connectivity index (χ3v) is 3.79. The molecule has 0 aliphatic carbocycles. The second-order valence-electron chi connectivity index (χ2n) is 5.56. The van der Waals surface area contributed by atoms with E-state index in [1.807, 2.05) is 24.0 Å². The monoisotopic (exact) mass is 289 g/mol. The van der Waals surface area contributed by atoms with Gasteiger partial charge < -0.3 is 16.0 Å². The van der Waals surface area contributed by atoms with Crippen LogP contribution >= 0.6 is 0 Å². The standard InChI is InChI=1S/C16H23N3O2/c1-12-7-8-13(17)11-14(12)18-15(20)5-4-10-19-9-3-2-6-16(19)21/h7-8,11H,2-6,9-10,17H2,1H3,(H,18,20). The van der Waals surface area contributed by atoms with Gasteiger partial charge in [0.2, 0.25) is 11.8 Å². The van der Waals surface area contributed by atoms with Gasteiger partial charge in [0.05, 0.1) is 0 Å². The summed E-state index contributed by atoms with van der Waals surface area (Å²) in [4.78, 5) is 25.5. The summed E-state index contributed by atoms with van der Waals surface area (Å²) in [6, 6.07) is 5.46. The zero-order valence-electron chi connectivity index (χ0n) is 12.5. The molecule has 0 radical (unpaired) electrons. The highest BCUT2D eigenvalue weighted by Gasteiger charge is 2.17. The molecular weight excluding hydrogens is 266 g/mol. The fourth-order valence-corrected chi connectivity index (χ4v) is 2.52. The highest BCUT2D eigenvalue weighted by molar-refractivity contribution is 5.92. The molecule has 2 amide bonds. The first kappa shape index (κ1) is 15.4. The van der Waals surface area contributed by atoms with Crippen LogP contribution in [0.3, 0.4) is 0 Å². The Kier molecular flexibility index (Phi) is 5.20. The van der Waals surface area contributed by atoms with Crippen LogP contribution in [-0.4, -0.2) is 29.8 Å². The molecule has 0 atom stereocenters. The molecule has 1 aromatic rings. The van der Waals surface area contributed by atoms with Crippen LogP contribution in [0.2, 0.25) is 0 Å². The van der Waals surface area contributed by atoms with Crippen LogP contribution < -0.4 is 11.1 Å². The SMILES string of the molecule is Cc1ccc(N)cc1NC(=O)CCCN1CCCCC1=O. The van der Waals surface area contributed by atoms with Crippen LogP contribution in [0.15, 0.2) is 18.2 Å². The Morgan fingerprint density at radius 1 is 1.38 bits per heavy atom. The molecule has 0 bridgehead atoms. The molecule has 1 heterocycles. The minimum Gasteiger partial charge on any atom is -0.399 e. The Bertz CT molecular complexity index is 528. The second kappa shape index (κ2) is 7.11. The molecule has 0 spiro atoms. The molecule has 0 aromatic heterocycles. The number of aryl methyl sites for hydroxylation is 1. The number of nitrogens with two attached hydrogens (primary N) is 1. The minimum absolute atomic E-state index is 0.0341. The number of nitrogens with zero attached hydrogens (tertiary/aromatic N) is 1. The first-order valence-corrected chi connectivity index (χ1v) is 7.50. The number of nitrogens with one attached hydrogen (secondary N) is 1. The van der Waals surface area contributed by atoms with E-state index in [-0.39, 0.29) is 11.8 Å². The molecular formula is C16H23N3O2. The zero-order chi connectivity index (χ0) is 15.2. The van der Waals surface area contributed by atoms with Crippen LogP contribution in [-0.2, 0) is 9.59 Å². The quantitative estimate of drug-likeness (QED) is 0.817. The van der Waals surface area contributed by atoms with E-state index in [2.05, 4.69) is 5.32 Å². The number of carbonyl (C=O) groups is 2. The third-order valence-electron chi connectivity index (χ3n) is 3.79. The number of nitrogen functional groups attached to an aromatic ring is 1. The largest absolute Gasteiger partial charge is 0.399 e. The zero-order valence-corrected chi connectivity index (χ0v) is 12.5. The highest BCUT2D eigenvalue weighted by Crippen LogP contribution is 2.18. The molecule has 1 aliphatic rings. The molecule has 1 saturated heterocycles. The van der Waals surface area contributed by atoms with E-state index < -0.39 is 0 Å². The fourth-order valence-electron chi connectivity index (χ4n) is 2.52. The number of benzene rings is 1. The van der Waals surface area contributed by atoms with E-state index in [1.165, 1.54) is 0 Å². The van der Waals surface area contributed by atoms with Crippen molar-refractivity contribution in [2.45, 2.75) is 39.0 Å². The maximum atomic E-state index is 11.9. The molecule has 0 unspecified atom stereocenters. The van der Waals surface area contributed by atoms with E-state index in [4.69, 9.17) is 5.73 Å². The lowest BCUT2D eigenvalue weighted by atomic mass is 10.1. The summed E-state index contributed by atoms with van der Waals surface area (Å²) in [6.07, 6.45) is 3.82. The van der Waals surface area contributed by atoms with E-state index in [1.54, 1.807) is 6.07 Å². The molecule has 21 heavy (non-hydrogen) atoms.